The highest BCUT2D eigenvalue weighted by Crippen LogP contribution is 1.87. The molecule has 0 fully saturated rings. The maximum atomic E-state index is 6.64. The van der Waals surface area contributed by atoms with Crippen LogP contribution in [0.5, 0.6) is 0 Å². The van der Waals surface area contributed by atoms with E-state index in [1.54, 1.807) is 6.08 Å². The Bertz CT molecular complexity index is 112. The Hall–Kier alpha value is -0.850. The summed E-state index contributed by atoms with van der Waals surface area (Å²) in [6.45, 7) is 2.14. The van der Waals surface area contributed by atoms with Crippen molar-refractivity contribution in [1.29, 1.82) is 5.41 Å². The van der Waals surface area contributed by atoms with Crippen LogP contribution >= 0.6 is 0 Å². The molecule has 50 valence electrons. The van der Waals surface area contributed by atoms with Gasteiger partial charge in [-0.1, -0.05) is 31.6 Å². The molecule has 0 aromatic carbocycles. The van der Waals surface area contributed by atoms with Gasteiger partial charge in [0.25, 0.3) is 0 Å². The number of hydrogen-bond donors (Lipinski definition) is 1. The van der Waals surface area contributed by atoms with Gasteiger partial charge in [0.15, 0.2) is 0 Å². The molecule has 0 bridgehead atoms. The Balaban J connectivity index is 3.23. The number of nitrogens with one attached hydrogen (secondary N) is 1. The number of rotatable bonds is 4. The Labute approximate surface area is 56.6 Å². The first kappa shape index (κ1) is 8.15. The largest absolute Gasteiger partial charge is 0.309 e. The molecule has 0 aromatic heterocycles. The zero-order valence-corrected chi connectivity index (χ0v) is 5.80. The van der Waals surface area contributed by atoms with Gasteiger partial charge >= 0.3 is 0 Å². The van der Waals surface area contributed by atoms with Crippen molar-refractivity contribution in [3.05, 3.63) is 24.3 Å². The van der Waals surface area contributed by atoms with E-state index in [-0.39, 0.29) is 0 Å². The highest BCUT2D eigenvalue weighted by Gasteiger charge is 1.67. The first-order valence-electron chi connectivity index (χ1n) is 3.24. The van der Waals surface area contributed by atoms with E-state index in [0.717, 1.165) is 6.42 Å². The van der Waals surface area contributed by atoms with E-state index >= 15 is 0 Å². The molecule has 1 N–H and O–H groups in total. The Kier molecular flexibility index (Phi) is 6.47. The maximum absolute atomic E-state index is 6.64. The molecular weight excluding hydrogens is 110 g/mol. The van der Waals surface area contributed by atoms with Crippen LogP contribution in [0, 0.1) is 5.41 Å². The lowest BCUT2D eigenvalue weighted by Gasteiger charge is -1.78. The van der Waals surface area contributed by atoms with Gasteiger partial charge in [0.05, 0.1) is 0 Å². The van der Waals surface area contributed by atoms with Crippen molar-refractivity contribution in [3.63, 3.8) is 0 Å². The molecule has 0 saturated heterocycles. The second-order valence-corrected chi connectivity index (χ2v) is 1.77. The zero-order valence-electron chi connectivity index (χ0n) is 5.80. The van der Waals surface area contributed by atoms with Gasteiger partial charge in [0.2, 0.25) is 0 Å². The molecule has 0 aliphatic heterocycles. The first-order chi connectivity index (χ1) is 4.41. The minimum absolute atomic E-state index is 1.13. The minimum atomic E-state index is 1.13. The van der Waals surface area contributed by atoms with Gasteiger partial charge in [0, 0.05) is 6.21 Å². The Morgan fingerprint density at radius 2 is 2.00 bits per heavy atom. The molecule has 0 atom stereocenters. The smallest absolute Gasteiger partial charge is 0.0177 e. The van der Waals surface area contributed by atoms with Gasteiger partial charge in [0.1, 0.15) is 0 Å². The molecule has 1 nitrogen and oxygen atoms in total. The summed E-state index contributed by atoms with van der Waals surface area (Å²) in [5, 5.41) is 6.64. The van der Waals surface area contributed by atoms with Crippen molar-refractivity contribution in [2.75, 3.05) is 0 Å². The quantitative estimate of drug-likeness (QED) is 0.439. The highest BCUT2D eigenvalue weighted by atomic mass is 14.3. The van der Waals surface area contributed by atoms with Gasteiger partial charge < -0.3 is 5.41 Å². The lowest BCUT2D eigenvalue weighted by atomic mass is 10.3. The van der Waals surface area contributed by atoms with E-state index in [4.69, 9.17) is 5.41 Å². The lowest BCUT2D eigenvalue weighted by molar-refractivity contribution is 0.959. The van der Waals surface area contributed by atoms with E-state index in [2.05, 4.69) is 13.0 Å². The van der Waals surface area contributed by atoms with Crippen molar-refractivity contribution in [1.82, 2.24) is 0 Å². The third kappa shape index (κ3) is 7.15. The van der Waals surface area contributed by atoms with Crippen LogP contribution in [0.4, 0.5) is 0 Å². The molecule has 0 rings (SSSR count). The summed E-state index contributed by atoms with van der Waals surface area (Å²) in [5.74, 6) is 0. The SMILES string of the molecule is CCCC=CC=CC=N. The highest BCUT2D eigenvalue weighted by molar-refractivity contribution is 5.68. The van der Waals surface area contributed by atoms with E-state index in [0.29, 0.717) is 0 Å². The number of allylic oxidation sites excluding steroid dienone is 4. The molecule has 0 heterocycles. The molecule has 0 radical (unpaired) electrons. The van der Waals surface area contributed by atoms with Crippen LogP contribution in [-0.4, -0.2) is 6.21 Å². The Morgan fingerprint density at radius 1 is 1.22 bits per heavy atom. The predicted molar refractivity (Wildman–Crippen MR) is 42.0 cm³/mol. The van der Waals surface area contributed by atoms with Gasteiger partial charge in [-0.15, -0.1) is 0 Å². The van der Waals surface area contributed by atoms with Gasteiger partial charge in [-0.2, -0.15) is 0 Å². The third-order valence-electron chi connectivity index (χ3n) is 0.910. The lowest BCUT2D eigenvalue weighted by Crippen LogP contribution is -1.59. The molecule has 9 heavy (non-hydrogen) atoms. The topological polar surface area (TPSA) is 23.9 Å². The predicted octanol–water partition coefficient (Wildman–Crippen LogP) is 2.55. The van der Waals surface area contributed by atoms with Crippen LogP contribution in [0.2, 0.25) is 0 Å². The third-order valence-corrected chi connectivity index (χ3v) is 0.910. The molecule has 0 saturated carbocycles. The van der Waals surface area contributed by atoms with Crippen LogP contribution in [0.15, 0.2) is 24.3 Å². The molecule has 0 aliphatic carbocycles. The average Bonchev–Trinajstić information content (AvgIpc) is 1.89. The summed E-state index contributed by atoms with van der Waals surface area (Å²) in [4.78, 5) is 0. The van der Waals surface area contributed by atoms with Crippen molar-refractivity contribution in [3.8, 4) is 0 Å². The normalized spacial score (nSPS) is 11.2. The monoisotopic (exact) mass is 123 g/mol. The molecule has 0 aliphatic rings. The minimum Gasteiger partial charge on any atom is -0.309 e. The summed E-state index contributed by atoms with van der Waals surface area (Å²) in [7, 11) is 0. The fourth-order valence-electron chi connectivity index (χ4n) is 0.461. The molecule has 0 unspecified atom stereocenters. The van der Waals surface area contributed by atoms with Crippen LogP contribution in [0.3, 0.4) is 0 Å². The van der Waals surface area contributed by atoms with E-state index in [1.165, 1.54) is 12.6 Å². The fraction of sp³-hybridized carbons (Fsp3) is 0.375. The Morgan fingerprint density at radius 3 is 2.56 bits per heavy atom. The van der Waals surface area contributed by atoms with Crippen molar-refractivity contribution in [2.24, 2.45) is 0 Å². The molecule has 0 aromatic rings. The van der Waals surface area contributed by atoms with E-state index in [1.807, 2.05) is 12.2 Å². The summed E-state index contributed by atoms with van der Waals surface area (Å²) < 4.78 is 0. The van der Waals surface area contributed by atoms with Gasteiger partial charge in [-0.05, 0) is 12.5 Å². The van der Waals surface area contributed by atoms with Crippen LogP contribution in [0.1, 0.15) is 19.8 Å². The van der Waals surface area contributed by atoms with E-state index < -0.39 is 0 Å². The van der Waals surface area contributed by atoms with Crippen LogP contribution < -0.4 is 0 Å². The summed E-state index contributed by atoms with van der Waals surface area (Å²) in [5.41, 5.74) is 0. The van der Waals surface area contributed by atoms with Crippen LogP contribution in [-0.2, 0) is 0 Å². The maximum Gasteiger partial charge on any atom is 0.0177 e. The average molecular weight is 123 g/mol. The molecule has 1 heteroatoms. The fourth-order valence-corrected chi connectivity index (χ4v) is 0.461. The summed E-state index contributed by atoms with van der Waals surface area (Å²) >= 11 is 0. The standard InChI is InChI=1S/C8H13N/c1-2-3-4-5-6-7-8-9/h4-9H,2-3H2,1H3. The van der Waals surface area contributed by atoms with Gasteiger partial charge in [-0.3, -0.25) is 0 Å². The summed E-state index contributed by atoms with van der Waals surface area (Å²) in [6.07, 6.45) is 11.2. The molecule has 0 amide bonds. The summed E-state index contributed by atoms with van der Waals surface area (Å²) in [6, 6.07) is 0. The van der Waals surface area contributed by atoms with Gasteiger partial charge in [-0.25, -0.2) is 0 Å². The first-order valence-corrected chi connectivity index (χ1v) is 3.24. The second kappa shape index (κ2) is 7.15. The molecule has 0 spiro atoms. The van der Waals surface area contributed by atoms with E-state index in [9.17, 15) is 0 Å². The van der Waals surface area contributed by atoms with Crippen molar-refractivity contribution in [2.45, 2.75) is 19.8 Å². The van der Waals surface area contributed by atoms with Crippen molar-refractivity contribution < 1.29 is 0 Å². The second-order valence-electron chi connectivity index (χ2n) is 1.77. The van der Waals surface area contributed by atoms with Crippen LogP contribution in [0.25, 0.3) is 0 Å². The number of hydrogen-bond acceptors (Lipinski definition) is 1. The van der Waals surface area contributed by atoms with Crippen molar-refractivity contribution >= 4 is 6.21 Å². The number of unbranched alkanes of at least 4 members (excludes halogenated alkanes) is 1. The zero-order chi connectivity index (χ0) is 6.95. The molecular formula is C8H13N.